The van der Waals surface area contributed by atoms with Gasteiger partial charge in [-0.3, -0.25) is 4.79 Å². The Balaban J connectivity index is 1.45. The molecule has 1 saturated carbocycles. The molecule has 2 heterocycles. The summed E-state index contributed by atoms with van der Waals surface area (Å²) in [4.78, 5) is 19.0. The van der Waals surface area contributed by atoms with E-state index in [1.165, 1.54) is 17.4 Å². The van der Waals surface area contributed by atoms with Gasteiger partial charge in [-0.15, -0.1) is 0 Å². The molecular formula is C21H20F3N3O2S. The molecule has 0 radical (unpaired) electrons. The normalized spacial score (nSPS) is 15.2. The summed E-state index contributed by atoms with van der Waals surface area (Å²) in [6.07, 6.45) is -2.25. The minimum atomic E-state index is -4.41. The Morgan fingerprint density at radius 3 is 2.80 bits per heavy atom. The Labute approximate surface area is 175 Å². The number of amides is 1. The smallest absolute Gasteiger partial charge is 0.339 e. The fourth-order valence-corrected chi connectivity index (χ4v) is 4.07. The number of carbonyl (C=O) groups is 1. The van der Waals surface area contributed by atoms with Crippen LogP contribution in [-0.2, 0) is 17.4 Å². The van der Waals surface area contributed by atoms with Crippen LogP contribution >= 0.6 is 11.3 Å². The number of aromatic nitrogens is 2. The lowest BCUT2D eigenvalue weighted by Crippen LogP contribution is -2.35. The van der Waals surface area contributed by atoms with Gasteiger partial charge in [0.15, 0.2) is 0 Å². The summed E-state index contributed by atoms with van der Waals surface area (Å²) in [5.74, 6) is 0.722. The molecule has 1 atom stereocenters. The predicted octanol–water partition coefficient (Wildman–Crippen LogP) is 5.50. The molecule has 1 aliphatic rings. The average molecular weight is 435 g/mol. The minimum absolute atomic E-state index is 0.0612. The zero-order valence-electron chi connectivity index (χ0n) is 16.2. The molecule has 1 aromatic carbocycles. The second-order valence-corrected chi connectivity index (χ2v) is 8.14. The van der Waals surface area contributed by atoms with Gasteiger partial charge in [0.2, 0.25) is 17.6 Å². The van der Waals surface area contributed by atoms with E-state index < -0.39 is 17.8 Å². The fraction of sp³-hybridized carbons (Fsp3) is 0.381. The average Bonchev–Trinajstić information content (AvgIpc) is 3.19. The van der Waals surface area contributed by atoms with E-state index in [2.05, 4.69) is 10.1 Å². The molecule has 1 amide bonds. The highest BCUT2D eigenvalue weighted by Gasteiger charge is 2.37. The number of aryl methyl sites for hydroxylation is 1. The minimum Gasteiger partial charge on any atom is -0.339 e. The molecule has 3 aromatic rings. The molecule has 158 valence electrons. The van der Waals surface area contributed by atoms with Crippen molar-refractivity contribution < 1.29 is 22.5 Å². The molecule has 0 aliphatic heterocycles. The maximum absolute atomic E-state index is 13.1. The molecule has 1 aliphatic carbocycles. The highest BCUT2D eigenvalue weighted by Crippen LogP contribution is 2.37. The van der Waals surface area contributed by atoms with Crippen molar-refractivity contribution in [2.24, 2.45) is 0 Å². The van der Waals surface area contributed by atoms with E-state index in [1.54, 1.807) is 17.9 Å². The topological polar surface area (TPSA) is 59.2 Å². The Hall–Kier alpha value is -2.68. The van der Waals surface area contributed by atoms with Gasteiger partial charge in [-0.1, -0.05) is 17.3 Å². The van der Waals surface area contributed by atoms with Crippen molar-refractivity contribution in [1.82, 2.24) is 15.0 Å². The van der Waals surface area contributed by atoms with Crippen LogP contribution in [0.5, 0.6) is 0 Å². The molecule has 1 fully saturated rings. The Bertz CT molecular complexity index is 1010. The van der Waals surface area contributed by atoms with Crippen molar-refractivity contribution >= 4 is 17.2 Å². The summed E-state index contributed by atoms with van der Waals surface area (Å²) in [7, 11) is 0. The molecule has 30 heavy (non-hydrogen) atoms. The summed E-state index contributed by atoms with van der Waals surface area (Å²) < 4.78 is 44.5. The van der Waals surface area contributed by atoms with Crippen molar-refractivity contribution in [3.8, 4) is 11.4 Å². The number of thiophene rings is 1. The number of halogens is 3. The lowest BCUT2D eigenvalue weighted by Gasteiger charge is -2.30. The highest BCUT2D eigenvalue weighted by molar-refractivity contribution is 7.08. The molecule has 4 rings (SSSR count). The summed E-state index contributed by atoms with van der Waals surface area (Å²) in [5, 5.41) is 7.76. The van der Waals surface area contributed by atoms with Crippen LogP contribution < -0.4 is 0 Å². The number of hydrogen-bond donors (Lipinski definition) is 0. The molecule has 0 N–H and O–H groups in total. The van der Waals surface area contributed by atoms with Gasteiger partial charge < -0.3 is 9.42 Å². The number of benzene rings is 1. The summed E-state index contributed by atoms with van der Waals surface area (Å²) in [5.41, 5.74) is 0.628. The fourth-order valence-electron chi connectivity index (χ4n) is 3.43. The quantitative estimate of drug-likeness (QED) is 0.492. The lowest BCUT2D eigenvalue weighted by molar-refractivity contribution is -0.137. The van der Waals surface area contributed by atoms with E-state index in [-0.39, 0.29) is 24.8 Å². The number of carbonyl (C=O) groups excluding carboxylic acids is 1. The van der Waals surface area contributed by atoms with Crippen molar-refractivity contribution in [1.29, 1.82) is 0 Å². The van der Waals surface area contributed by atoms with Gasteiger partial charge in [0.25, 0.3) is 0 Å². The molecule has 5 nitrogen and oxygen atoms in total. The van der Waals surface area contributed by atoms with Gasteiger partial charge in [-0.05, 0) is 48.9 Å². The molecule has 0 bridgehead atoms. The number of nitrogens with zero attached hydrogens (tertiary/aromatic N) is 3. The number of alkyl halides is 3. The summed E-state index contributed by atoms with van der Waals surface area (Å²) in [6, 6.07) is 6.68. The van der Waals surface area contributed by atoms with Gasteiger partial charge in [0, 0.05) is 29.8 Å². The highest BCUT2D eigenvalue weighted by atomic mass is 32.1. The maximum atomic E-state index is 13.1. The van der Waals surface area contributed by atoms with Crippen LogP contribution in [-0.4, -0.2) is 27.0 Å². The van der Waals surface area contributed by atoms with E-state index in [9.17, 15) is 18.0 Å². The summed E-state index contributed by atoms with van der Waals surface area (Å²) in [6.45, 7) is 1.77. The van der Waals surface area contributed by atoms with Crippen LogP contribution in [0.3, 0.4) is 0 Å². The molecule has 0 spiro atoms. The van der Waals surface area contributed by atoms with Crippen LogP contribution in [0.2, 0.25) is 0 Å². The number of hydrogen-bond acceptors (Lipinski definition) is 5. The van der Waals surface area contributed by atoms with Gasteiger partial charge in [-0.25, -0.2) is 0 Å². The van der Waals surface area contributed by atoms with E-state index in [0.717, 1.165) is 30.5 Å². The van der Waals surface area contributed by atoms with Crippen molar-refractivity contribution in [3.05, 3.63) is 58.1 Å². The summed E-state index contributed by atoms with van der Waals surface area (Å²) >= 11 is 1.53. The zero-order valence-corrected chi connectivity index (χ0v) is 17.0. The van der Waals surface area contributed by atoms with Crippen LogP contribution in [0.4, 0.5) is 13.2 Å². The maximum Gasteiger partial charge on any atom is 0.416 e. The Morgan fingerprint density at radius 2 is 2.13 bits per heavy atom. The third-order valence-electron chi connectivity index (χ3n) is 5.14. The number of rotatable bonds is 7. The Kier molecular flexibility index (Phi) is 5.64. The standard InChI is InChI=1S/C21H20F3N3O2S/c1-13(14-3-2-4-16(11-14)21(22,23)24)27(17-5-6-17)19(28)8-7-18-25-20(26-29-18)15-9-10-30-12-15/h2-4,9-13,17H,5-8H2,1H3. The van der Waals surface area contributed by atoms with Gasteiger partial charge in [0.05, 0.1) is 11.6 Å². The predicted molar refractivity (Wildman–Crippen MR) is 106 cm³/mol. The van der Waals surface area contributed by atoms with Crippen LogP contribution in [0.1, 0.15) is 49.2 Å². The van der Waals surface area contributed by atoms with Crippen LogP contribution in [0.15, 0.2) is 45.6 Å². The third kappa shape index (κ3) is 4.56. The molecule has 2 aromatic heterocycles. The molecule has 9 heteroatoms. The van der Waals surface area contributed by atoms with E-state index >= 15 is 0 Å². The first-order valence-corrected chi connectivity index (χ1v) is 10.6. The SMILES string of the molecule is CC(c1cccc(C(F)(F)F)c1)N(C(=O)CCc1nc(-c2ccsc2)no1)C1CC1. The zero-order chi connectivity index (χ0) is 21.3. The van der Waals surface area contributed by atoms with Crippen LogP contribution in [0, 0.1) is 0 Å². The van der Waals surface area contributed by atoms with Crippen molar-refractivity contribution in [2.75, 3.05) is 0 Å². The first-order chi connectivity index (χ1) is 14.3. The largest absolute Gasteiger partial charge is 0.416 e. The van der Waals surface area contributed by atoms with E-state index in [4.69, 9.17) is 4.52 Å². The molecule has 0 saturated heterocycles. The van der Waals surface area contributed by atoms with Crippen molar-refractivity contribution in [3.63, 3.8) is 0 Å². The second-order valence-electron chi connectivity index (χ2n) is 7.36. The monoisotopic (exact) mass is 435 g/mol. The first kappa shape index (κ1) is 20.6. The van der Waals surface area contributed by atoms with Gasteiger partial charge in [-0.2, -0.15) is 29.5 Å². The van der Waals surface area contributed by atoms with E-state index in [1.807, 2.05) is 16.8 Å². The van der Waals surface area contributed by atoms with Gasteiger partial charge in [0.1, 0.15) is 0 Å². The lowest BCUT2D eigenvalue weighted by atomic mass is 10.0. The van der Waals surface area contributed by atoms with Gasteiger partial charge >= 0.3 is 6.18 Å². The van der Waals surface area contributed by atoms with Crippen molar-refractivity contribution in [2.45, 2.75) is 50.9 Å². The third-order valence-corrected chi connectivity index (χ3v) is 5.83. The molecular weight excluding hydrogens is 415 g/mol. The molecule has 1 unspecified atom stereocenters. The Morgan fingerprint density at radius 1 is 1.33 bits per heavy atom. The van der Waals surface area contributed by atoms with E-state index in [0.29, 0.717) is 17.3 Å². The second kappa shape index (κ2) is 8.22. The van der Waals surface area contributed by atoms with Crippen LogP contribution in [0.25, 0.3) is 11.4 Å². The first-order valence-electron chi connectivity index (χ1n) is 9.66.